The number of hydrogen-bond acceptors (Lipinski definition) is 5. The van der Waals surface area contributed by atoms with Crippen molar-refractivity contribution in [3.63, 3.8) is 0 Å². The number of anilines is 1. The number of pyridine rings is 1. The van der Waals surface area contributed by atoms with Crippen molar-refractivity contribution < 1.29 is 14.1 Å². The summed E-state index contributed by atoms with van der Waals surface area (Å²) in [4.78, 5) is 29.3. The number of rotatable bonds is 5. The zero-order chi connectivity index (χ0) is 20.1. The van der Waals surface area contributed by atoms with Crippen molar-refractivity contribution in [3.8, 4) is 0 Å². The molecule has 3 rings (SSSR count). The van der Waals surface area contributed by atoms with Gasteiger partial charge in [-0.05, 0) is 37.5 Å². The molecule has 0 saturated carbocycles. The molecule has 2 aromatic rings. The number of nitrogens with zero attached hydrogens (tertiary/aromatic N) is 3. The van der Waals surface area contributed by atoms with E-state index in [2.05, 4.69) is 15.2 Å². The number of halogens is 1. The summed E-state index contributed by atoms with van der Waals surface area (Å²) >= 11 is 0. The molecule has 28 heavy (non-hydrogen) atoms. The predicted octanol–water partition coefficient (Wildman–Crippen LogP) is 3.75. The maximum absolute atomic E-state index is 13.9. The van der Waals surface area contributed by atoms with Gasteiger partial charge in [0.2, 0.25) is 0 Å². The lowest BCUT2D eigenvalue weighted by atomic mass is 10.1. The second-order valence-corrected chi connectivity index (χ2v) is 6.97. The minimum atomic E-state index is -0.775. The Balaban J connectivity index is 1.64. The van der Waals surface area contributed by atoms with Crippen LogP contribution in [0.1, 0.15) is 47.2 Å². The minimum absolute atomic E-state index is 0.0797. The molecule has 2 heterocycles. The van der Waals surface area contributed by atoms with Crippen molar-refractivity contribution in [3.05, 3.63) is 63.1 Å². The number of benzene rings is 1. The third-order valence-electron chi connectivity index (χ3n) is 4.97. The molecule has 1 amide bonds. The van der Waals surface area contributed by atoms with Gasteiger partial charge in [0.25, 0.3) is 11.6 Å². The average Bonchev–Trinajstić information content (AvgIpc) is 2.97. The number of nitro benzene ring substituents is 1. The highest BCUT2D eigenvalue weighted by molar-refractivity contribution is 5.95. The Hall–Kier alpha value is -3.03. The normalized spacial score (nSPS) is 14.4. The zero-order valence-electron chi connectivity index (χ0n) is 15.8. The molecule has 7 nitrogen and oxygen atoms in total. The highest BCUT2D eigenvalue weighted by Gasteiger charge is 2.19. The van der Waals surface area contributed by atoms with Gasteiger partial charge in [0.15, 0.2) is 0 Å². The van der Waals surface area contributed by atoms with E-state index in [1.807, 2.05) is 12.1 Å². The van der Waals surface area contributed by atoms with Crippen LogP contribution in [0.3, 0.4) is 0 Å². The van der Waals surface area contributed by atoms with Gasteiger partial charge in [0.05, 0.1) is 10.5 Å². The Morgan fingerprint density at radius 3 is 2.57 bits per heavy atom. The van der Waals surface area contributed by atoms with Gasteiger partial charge in [-0.25, -0.2) is 9.37 Å². The summed E-state index contributed by atoms with van der Waals surface area (Å²) in [6, 6.07) is 5.93. The number of aromatic nitrogens is 1. The fourth-order valence-electron chi connectivity index (χ4n) is 3.28. The first-order chi connectivity index (χ1) is 13.5. The van der Waals surface area contributed by atoms with E-state index in [0.29, 0.717) is 0 Å². The zero-order valence-corrected chi connectivity index (χ0v) is 15.8. The molecule has 148 valence electrons. The van der Waals surface area contributed by atoms with Crippen molar-refractivity contribution in [2.45, 2.75) is 39.2 Å². The Bertz CT molecular complexity index is 862. The van der Waals surface area contributed by atoms with E-state index in [1.165, 1.54) is 32.6 Å². The lowest BCUT2D eigenvalue weighted by molar-refractivity contribution is -0.385. The van der Waals surface area contributed by atoms with Crippen LogP contribution >= 0.6 is 0 Å². The second kappa shape index (κ2) is 8.77. The number of nitrogens with one attached hydrogen (secondary N) is 1. The summed E-state index contributed by atoms with van der Waals surface area (Å²) in [5.74, 6) is -0.422. The van der Waals surface area contributed by atoms with Crippen LogP contribution in [0.25, 0.3) is 0 Å². The molecule has 0 unspecified atom stereocenters. The first kappa shape index (κ1) is 19.7. The van der Waals surface area contributed by atoms with Crippen LogP contribution in [0.4, 0.5) is 15.9 Å². The van der Waals surface area contributed by atoms with Gasteiger partial charge in [0, 0.05) is 37.5 Å². The summed E-state index contributed by atoms with van der Waals surface area (Å²) in [5, 5.41) is 13.7. The molecule has 1 aliphatic rings. The van der Waals surface area contributed by atoms with E-state index in [4.69, 9.17) is 0 Å². The number of carbonyl (C=O) groups excluding carboxylic acids is 1. The molecule has 1 aliphatic heterocycles. The Morgan fingerprint density at radius 1 is 1.25 bits per heavy atom. The van der Waals surface area contributed by atoms with E-state index >= 15 is 0 Å². The SMILES string of the molecule is Cc1c(F)cc(C(=O)NCc2ccc(N3CCCCCC3)nc2)cc1[N+](=O)[O-]. The van der Waals surface area contributed by atoms with Crippen molar-refractivity contribution >= 4 is 17.4 Å². The van der Waals surface area contributed by atoms with Gasteiger partial charge in [-0.3, -0.25) is 14.9 Å². The first-order valence-corrected chi connectivity index (χ1v) is 9.38. The second-order valence-electron chi connectivity index (χ2n) is 6.97. The highest BCUT2D eigenvalue weighted by atomic mass is 19.1. The van der Waals surface area contributed by atoms with E-state index in [0.717, 1.165) is 36.6 Å². The van der Waals surface area contributed by atoms with Crippen LogP contribution < -0.4 is 10.2 Å². The fraction of sp³-hybridized carbons (Fsp3) is 0.400. The van der Waals surface area contributed by atoms with Crippen LogP contribution in [-0.4, -0.2) is 28.9 Å². The van der Waals surface area contributed by atoms with Gasteiger partial charge in [-0.15, -0.1) is 0 Å². The summed E-state index contributed by atoms with van der Waals surface area (Å²) in [7, 11) is 0. The monoisotopic (exact) mass is 386 g/mol. The first-order valence-electron chi connectivity index (χ1n) is 9.38. The number of nitro groups is 1. The number of amides is 1. The van der Waals surface area contributed by atoms with Crippen molar-refractivity contribution in [1.29, 1.82) is 0 Å². The molecule has 1 saturated heterocycles. The largest absolute Gasteiger partial charge is 0.357 e. The van der Waals surface area contributed by atoms with E-state index in [9.17, 15) is 19.3 Å². The fourth-order valence-corrected chi connectivity index (χ4v) is 3.28. The maximum atomic E-state index is 13.9. The molecule has 0 bridgehead atoms. The average molecular weight is 386 g/mol. The summed E-state index contributed by atoms with van der Waals surface area (Å²) in [6.45, 7) is 3.52. The number of carbonyl (C=O) groups is 1. The topological polar surface area (TPSA) is 88.4 Å². The van der Waals surface area contributed by atoms with Gasteiger partial charge >= 0.3 is 0 Å². The molecule has 0 aliphatic carbocycles. The Morgan fingerprint density at radius 2 is 1.96 bits per heavy atom. The standard InChI is InChI=1S/C20H23FN4O3/c1-14-17(21)10-16(11-18(14)25(27)28)20(26)23-13-15-6-7-19(22-12-15)24-8-4-2-3-5-9-24/h6-7,10-12H,2-5,8-9,13H2,1H3,(H,23,26). The van der Waals surface area contributed by atoms with Crippen LogP contribution in [0.5, 0.6) is 0 Å². The smallest absolute Gasteiger partial charge is 0.276 e. The molecule has 1 aromatic carbocycles. The molecule has 1 aromatic heterocycles. The predicted molar refractivity (Wildman–Crippen MR) is 104 cm³/mol. The molecule has 0 atom stereocenters. The third-order valence-corrected chi connectivity index (χ3v) is 4.97. The van der Waals surface area contributed by atoms with Gasteiger partial charge in [-0.1, -0.05) is 18.9 Å². The third kappa shape index (κ3) is 4.62. The van der Waals surface area contributed by atoms with Crippen molar-refractivity contribution in [1.82, 2.24) is 10.3 Å². The number of hydrogen-bond donors (Lipinski definition) is 1. The molecule has 1 fully saturated rings. The summed E-state index contributed by atoms with van der Waals surface area (Å²) < 4.78 is 13.9. The van der Waals surface area contributed by atoms with Crippen LogP contribution in [0, 0.1) is 22.9 Å². The molecule has 8 heteroatoms. The van der Waals surface area contributed by atoms with Gasteiger partial charge < -0.3 is 10.2 Å². The lowest BCUT2D eigenvalue weighted by Gasteiger charge is -2.21. The Labute approximate surface area is 162 Å². The van der Waals surface area contributed by atoms with Gasteiger partial charge in [0.1, 0.15) is 11.6 Å². The van der Waals surface area contributed by atoms with Crippen molar-refractivity contribution in [2.75, 3.05) is 18.0 Å². The lowest BCUT2D eigenvalue weighted by Crippen LogP contribution is -2.25. The van der Waals surface area contributed by atoms with Crippen LogP contribution in [-0.2, 0) is 6.54 Å². The molecular formula is C20H23FN4O3. The van der Waals surface area contributed by atoms with Crippen LogP contribution in [0.15, 0.2) is 30.5 Å². The molecule has 1 N–H and O–H groups in total. The quantitative estimate of drug-likeness (QED) is 0.625. The summed E-state index contributed by atoms with van der Waals surface area (Å²) in [6.07, 6.45) is 6.53. The maximum Gasteiger partial charge on any atom is 0.276 e. The van der Waals surface area contributed by atoms with E-state index in [1.54, 1.807) is 6.20 Å². The minimum Gasteiger partial charge on any atom is -0.357 e. The van der Waals surface area contributed by atoms with E-state index < -0.39 is 22.3 Å². The molecule has 0 radical (unpaired) electrons. The molecular weight excluding hydrogens is 363 g/mol. The van der Waals surface area contributed by atoms with E-state index in [-0.39, 0.29) is 17.7 Å². The van der Waals surface area contributed by atoms with Crippen molar-refractivity contribution in [2.24, 2.45) is 0 Å². The Kier molecular flexibility index (Phi) is 6.18. The van der Waals surface area contributed by atoms with Crippen LogP contribution in [0.2, 0.25) is 0 Å². The van der Waals surface area contributed by atoms with Gasteiger partial charge in [-0.2, -0.15) is 0 Å². The highest BCUT2D eigenvalue weighted by Crippen LogP contribution is 2.23. The summed E-state index contributed by atoms with van der Waals surface area (Å²) in [5.41, 5.74) is 0.224. The molecule has 0 spiro atoms.